The molecule has 2 atom stereocenters. The van der Waals surface area contributed by atoms with Crippen molar-refractivity contribution in [2.75, 3.05) is 6.61 Å². The van der Waals surface area contributed by atoms with Crippen LogP contribution in [-0.2, 0) is 11.2 Å². The van der Waals surface area contributed by atoms with Crippen LogP contribution in [0.1, 0.15) is 26.3 Å². The number of hydrazine groups is 1. The Morgan fingerprint density at radius 1 is 1.42 bits per heavy atom. The van der Waals surface area contributed by atoms with Crippen LogP contribution < -0.4 is 11.3 Å². The van der Waals surface area contributed by atoms with Gasteiger partial charge in [-0.3, -0.25) is 11.3 Å². The Labute approximate surface area is 119 Å². The molecule has 0 aliphatic rings. The van der Waals surface area contributed by atoms with Gasteiger partial charge in [-0.25, -0.2) is 4.39 Å². The van der Waals surface area contributed by atoms with Gasteiger partial charge < -0.3 is 4.74 Å². The van der Waals surface area contributed by atoms with Gasteiger partial charge in [-0.1, -0.05) is 25.4 Å². The van der Waals surface area contributed by atoms with Crippen molar-refractivity contribution >= 4 is 11.6 Å². The highest BCUT2D eigenvalue weighted by Gasteiger charge is 2.25. The van der Waals surface area contributed by atoms with Gasteiger partial charge in [-0.2, -0.15) is 0 Å². The predicted molar refractivity (Wildman–Crippen MR) is 76.5 cm³/mol. The Bertz CT molecular complexity index is 401. The van der Waals surface area contributed by atoms with Gasteiger partial charge in [0.05, 0.1) is 12.1 Å². The first-order valence-corrected chi connectivity index (χ1v) is 6.89. The normalized spacial score (nSPS) is 14.7. The number of halogens is 2. The first-order chi connectivity index (χ1) is 8.99. The Balaban J connectivity index is 2.88. The van der Waals surface area contributed by atoms with E-state index in [1.54, 1.807) is 6.07 Å². The van der Waals surface area contributed by atoms with Crippen molar-refractivity contribution in [3.8, 4) is 0 Å². The molecular weight excluding hydrogens is 267 g/mol. The maximum absolute atomic E-state index is 13.3. The van der Waals surface area contributed by atoms with Gasteiger partial charge in [0.15, 0.2) is 0 Å². The smallest absolute Gasteiger partial charge is 0.123 e. The Morgan fingerprint density at radius 2 is 2.11 bits per heavy atom. The molecule has 0 spiro atoms. The summed E-state index contributed by atoms with van der Waals surface area (Å²) in [6, 6.07) is 4.24. The molecule has 3 N–H and O–H groups in total. The van der Waals surface area contributed by atoms with Crippen molar-refractivity contribution in [1.82, 2.24) is 5.43 Å². The molecule has 0 heterocycles. The standard InChI is InChI=1S/C14H22ClFN2O/c1-4-19-14(9(2)3)13(18-17)8-10-7-11(16)5-6-12(10)15/h5-7,9,13-14,18H,4,8,17H2,1-3H3. The molecule has 0 radical (unpaired) electrons. The molecule has 1 aromatic carbocycles. The number of nitrogens with one attached hydrogen (secondary N) is 1. The molecule has 0 aromatic heterocycles. The molecule has 0 bridgehead atoms. The number of nitrogens with two attached hydrogens (primary N) is 1. The van der Waals surface area contributed by atoms with Crippen LogP contribution >= 0.6 is 11.6 Å². The summed E-state index contributed by atoms with van der Waals surface area (Å²) < 4.78 is 19.0. The van der Waals surface area contributed by atoms with Crippen LogP contribution in [0.4, 0.5) is 4.39 Å². The molecule has 1 aromatic rings. The van der Waals surface area contributed by atoms with E-state index in [0.717, 1.165) is 5.56 Å². The highest BCUT2D eigenvalue weighted by molar-refractivity contribution is 6.31. The van der Waals surface area contributed by atoms with E-state index in [4.69, 9.17) is 22.2 Å². The molecule has 0 aliphatic carbocycles. The second-order valence-corrected chi connectivity index (χ2v) is 5.28. The lowest BCUT2D eigenvalue weighted by Gasteiger charge is -2.29. The Morgan fingerprint density at radius 3 is 2.63 bits per heavy atom. The van der Waals surface area contributed by atoms with Crippen LogP contribution in [0.5, 0.6) is 0 Å². The first-order valence-electron chi connectivity index (χ1n) is 6.51. The lowest BCUT2D eigenvalue weighted by Crippen LogP contribution is -2.49. The average Bonchev–Trinajstić information content (AvgIpc) is 2.37. The summed E-state index contributed by atoms with van der Waals surface area (Å²) in [5.41, 5.74) is 3.49. The number of ether oxygens (including phenoxy) is 1. The SMILES string of the molecule is CCOC(C(C)C)C(Cc1cc(F)ccc1Cl)NN. The lowest BCUT2D eigenvalue weighted by atomic mass is 9.94. The molecule has 0 saturated carbocycles. The summed E-state index contributed by atoms with van der Waals surface area (Å²) in [6.07, 6.45) is 0.477. The fraction of sp³-hybridized carbons (Fsp3) is 0.571. The summed E-state index contributed by atoms with van der Waals surface area (Å²) in [5.74, 6) is 5.61. The summed E-state index contributed by atoms with van der Waals surface area (Å²) in [4.78, 5) is 0. The third-order valence-electron chi connectivity index (χ3n) is 3.07. The molecule has 0 aliphatic heterocycles. The zero-order valence-corrected chi connectivity index (χ0v) is 12.4. The molecule has 108 valence electrons. The third-order valence-corrected chi connectivity index (χ3v) is 3.44. The number of benzene rings is 1. The van der Waals surface area contributed by atoms with Gasteiger partial charge in [0.25, 0.3) is 0 Å². The maximum Gasteiger partial charge on any atom is 0.123 e. The number of hydrogen-bond acceptors (Lipinski definition) is 3. The van der Waals surface area contributed by atoms with Crippen LogP contribution in [0, 0.1) is 11.7 Å². The molecule has 1 rings (SSSR count). The molecule has 5 heteroatoms. The van der Waals surface area contributed by atoms with Crippen LogP contribution in [0.15, 0.2) is 18.2 Å². The number of hydrogen-bond donors (Lipinski definition) is 2. The molecule has 3 nitrogen and oxygen atoms in total. The summed E-state index contributed by atoms with van der Waals surface area (Å²) in [7, 11) is 0. The molecular formula is C14H22ClFN2O. The summed E-state index contributed by atoms with van der Waals surface area (Å²) >= 11 is 6.08. The molecule has 0 saturated heterocycles. The minimum atomic E-state index is -0.298. The molecule has 2 unspecified atom stereocenters. The van der Waals surface area contributed by atoms with E-state index in [0.29, 0.717) is 24.0 Å². The van der Waals surface area contributed by atoms with Gasteiger partial charge in [0.1, 0.15) is 5.82 Å². The summed E-state index contributed by atoms with van der Waals surface area (Å²) in [6.45, 7) is 6.69. The van der Waals surface area contributed by atoms with E-state index in [1.807, 2.05) is 6.92 Å². The van der Waals surface area contributed by atoms with Crippen molar-refractivity contribution in [3.05, 3.63) is 34.6 Å². The summed E-state index contributed by atoms with van der Waals surface area (Å²) in [5, 5.41) is 0.542. The van der Waals surface area contributed by atoms with Crippen molar-refractivity contribution in [2.24, 2.45) is 11.8 Å². The molecule has 0 amide bonds. The second-order valence-electron chi connectivity index (χ2n) is 4.88. The zero-order valence-electron chi connectivity index (χ0n) is 11.6. The van der Waals surface area contributed by atoms with Gasteiger partial charge in [-0.15, -0.1) is 0 Å². The van der Waals surface area contributed by atoms with E-state index in [9.17, 15) is 4.39 Å². The Hall–Kier alpha value is -0.680. The van der Waals surface area contributed by atoms with Gasteiger partial charge in [-0.05, 0) is 43.0 Å². The quantitative estimate of drug-likeness (QED) is 0.599. The number of rotatable bonds is 7. The largest absolute Gasteiger partial charge is 0.377 e. The van der Waals surface area contributed by atoms with E-state index in [2.05, 4.69) is 19.3 Å². The van der Waals surface area contributed by atoms with E-state index < -0.39 is 0 Å². The van der Waals surface area contributed by atoms with Crippen molar-refractivity contribution < 1.29 is 9.13 Å². The van der Waals surface area contributed by atoms with Crippen LogP contribution in [0.25, 0.3) is 0 Å². The van der Waals surface area contributed by atoms with E-state index in [-0.39, 0.29) is 18.0 Å². The van der Waals surface area contributed by atoms with Crippen LogP contribution in [-0.4, -0.2) is 18.8 Å². The second kappa shape index (κ2) is 7.80. The van der Waals surface area contributed by atoms with Crippen LogP contribution in [0.3, 0.4) is 0 Å². The average molecular weight is 289 g/mol. The fourth-order valence-electron chi connectivity index (χ4n) is 2.17. The topological polar surface area (TPSA) is 47.3 Å². The van der Waals surface area contributed by atoms with Gasteiger partial charge in [0.2, 0.25) is 0 Å². The van der Waals surface area contributed by atoms with E-state index >= 15 is 0 Å². The van der Waals surface area contributed by atoms with Crippen molar-refractivity contribution in [3.63, 3.8) is 0 Å². The minimum Gasteiger partial charge on any atom is -0.377 e. The monoisotopic (exact) mass is 288 g/mol. The molecule has 19 heavy (non-hydrogen) atoms. The first kappa shape index (κ1) is 16.4. The van der Waals surface area contributed by atoms with Gasteiger partial charge >= 0.3 is 0 Å². The third kappa shape index (κ3) is 4.73. The lowest BCUT2D eigenvalue weighted by molar-refractivity contribution is 0.00355. The van der Waals surface area contributed by atoms with Crippen molar-refractivity contribution in [2.45, 2.75) is 39.3 Å². The van der Waals surface area contributed by atoms with Crippen molar-refractivity contribution in [1.29, 1.82) is 0 Å². The highest BCUT2D eigenvalue weighted by atomic mass is 35.5. The van der Waals surface area contributed by atoms with E-state index in [1.165, 1.54) is 12.1 Å². The zero-order chi connectivity index (χ0) is 14.4. The fourth-order valence-corrected chi connectivity index (χ4v) is 2.37. The Kier molecular flexibility index (Phi) is 6.72. The predicted octanol–water partition coefficient (Wildman–Crippen LogP) is 2.91. The molecule has 0 fully saturated rings. The van der Waals surface area contributed by atoms with Gasteiger partial charge in [0, 0.05) is 11.6 Å². The minimum absolute atomic E-state index is 0.0469. The maximum atomic E-state index is 13.3. The highest BCUT2D eigenvalue weighted by Crippen LogP contribution is 2.21. The van der Waals surface area contributed by atoms with Crippen LogP contribution in [0.2, 0.25) is 5.02 Å².